The summed E-state index contributed by atoms with van der Waals surface area (Å²) < 4.78 is 5.96. The lowest BCUT2D eigenvalue weighted by atomic mass is 10.3. The molecule has 19 heavy (non-hydrogen) atoms. The zero-order valence-corrected chi connectivity index (χ0v) is 13.0. The first-order chi connectivity index (χ1) is 9.20. The Morgan fingerprint density at radius 1 is 1.47 bits per heavy atom. The molecule has 106 valence electrons. The fraction of sp³-hybridized carbons (Fsp3) is 0.667. The minimum absolute atomic E-state index is 0.569. The molecule has 0 radical (unpaired) electrons. The maximum Gasteiger partial charge on any atom is 0.232 e. The second-order valence-corrected chi connectivity index (χ2v) is 5.39. The average molecular weight is 330 g/mol. The van der Waals surface area contributed by atoms with Crippen LogP contribution in [0.5, 0.6) is 5.88 Å². The van der Waals surface area contributed by atoms with Gasteiger partial charge in [0.1, 0.15) is 0 Å². The number of nitrogens with one attached hydrogen (secondary N) is 1. The van der Waals surface area contributed by atoms with Crippen LogP contribution < -0.4 is 15.0 Å². The lowest BCUT2D eigenvalue weighted by molar-refractivity contribution is 0.246. The third-order valence-corrected chi connectivity index (χ3v) is 3.74. The third-order valence-electron chi connectivity index (χ3n) is 3.20. The van der Waals surface area contributed by atoms with Crippen molar-refractivity contribution in [1.82, 2.24) is 20.2 Å². The van der Waals surface area contributed by atoms with Gasteiger partial charge in [-0.1, -0.05) is 0 Å². The number of halogens is 1. The molecule has 1 N–H and O–H groups in total. The van der Waals surface area contributed by atoms with E-state index in [0.29, 0.717) is 11.8 Å². The van der Waals surface area contributed by atoms with E-state index in [2.05, 4.69) is 41.0 Å². The van der Waals surface area contributed by atoms with Crippen molar-refractivity contribution >= 4 is 21.9 Å². The molecule has 0 saturated carbocycles. The van der Waals surface area contributed by atoms with E-state index in [1.54, 1.807) is 13.3 Å². The molecule has 0 spiro atoms. The molecule has 1 saturated heterocycles. The SMILES string of the molecule is COc1nc(N(C)CCN2CCNCC2)ncc1Br. The summed E-state index contributed by atoms with van der Waals surface area (Å²) >= 11 is 3.36. The first kappa shape index (κ1) is 14.5. The number of piperazine rings is 1. The number of nitrogens with zero attached hydrogens (tertiary/aromatic N) is 4. The second-order valence-electron chi connectivity index (χ2n) is 4.54. The lowest BCUT2D eigenvalue weighted by Gasteiger charge is -2.29. The maximum absolute atomic E-state index is 5.19. The Kier molecular flexibility index (Phi) is 5.35. The van der Waals surface area contributed by atoms with Crippen molar-refractivity contribution in [2.75, 3.05) is 58.3 Å². The maximum atomic E-state index is 5.19. The van der Waals surface area contributed by atoms with Gasteiger partial charge in [0.05, 0.1) is 17.8 Å². The molecule has 0 atom stereocenters. The van der Waals surface area contributed by atoms with Gasteiger partial charge in [0.2, 0.25) is 11.8 Å². The predicted molar refractivity (Wildman–Crippen MR) is 78.9 cm³/mol. The molecule has 1 fully saturated rings. The number of methoxy groups -OCH3 is 1. The van der Waals surface area contributed by atoms with Crippen LogP contribution in [-0.4, -0.2) is 68.3 Å². The summed E-state index contributed by atoms with van der Waals surface area (Å²) in [7, 11) is 3.61. The normalized spacial score (nSPS) is 16.4. The first-order valence-corrected chi connectivity index (χ1v) is 7.20. The first-order valence-electron chi connectivity index (χ1n) is 6.41. The van der Waals surface area contributed by atoms with Crippen LogP contribution in [0.25, 0.3) is 0 Å². The fourth-order valence-electron chi connectivity index (χ4n) is 2.00. The zero-order valence-electron chi connectivity index (χ0n) is 11.4. The smallest absolute Gasteiger partial charge is 0.232 e. The summed E-state index contributed by atoms with van der Waals surface area (Å²) in [5.74, 6) is 1.26. The van der Waals surface area contributed by atoms with E-state index in [0.717, 1.165) is 43.7 Å². The van der Waals surface area contributed by atoms with Crippen molar-refractivity contribution in [3.05, 3.63) is 10.7 Å². The molecule has 1 aliphatic heterocycles. The van der Waals surface area contributed by atoms with Gasteiger partial charge in [-0.25, -0.2) is 4.98 Å². The summed E-state index contributed by atoms with van der Waals surface area (Å²) in [6.07, 6.45) is 1.72. The Hall–Kier alpha value is -0.920. The molecule has 6 nitrogen and oxygen atoms in total. The number of hydrogen-bond donors (Lipinski definition) is 1. The van der Waals surface area contributed by atoms with Gasteiger partial charge in [-0.05, 0) is 15.9 Å². The van der Waals surface area contributed by atoms with Gasteiger partial charge in [-0.15, -0.1) is 0 Å². The van der Waals surface area contributed by atoms with Crippen LogP contribution in [0, 0.1) is 0 Å². The minimum Gasteiger partial charge on any atom is -0.480 e. The van der Waals surface area contributed by atoms with E-state index < -0.39 is 0 Å². The van der Waals surface area contributed by atoms with E-state index in [1.807, 2.05) is 7.05 Å². The van der Waals surface area contributed by atoms with Crippen LogP contribution >= 0.6 is 15.9 Å². The topological polar surface area (TPSA) is 53.5 Å². The lowest BCUT2D eigenvalue weighted by Crippen LogP contribution is -2.46. The highest BCUT2D eigenvalue weighted by molar-refractivity contribution is 9.10. The third kappa shape index (κ3) is 4.02. The molecule has 0 aliphatic carbocycles. The quantitative estimate of drug-likeness (QED) is 0.853. The molecule has 0 amide bonds. The van der Waals surface area contributed by atoms with Gasteiger partial charge in [0.25, 0.3) is 0 Å². The van der Waals surface area contributed by atoms with Gasteiger partial charge >= 0.3 is 0 Å². The Labute approximate surface area is 122 Å². The Morgan fingerprint density at radius 3 is 2.89 bits per heavy atom. The van der Waals surface area contributed by atoms with Gasteiger partial charge in [-0.2, -0.15) is 4.98 Å². The van der Waals surface area contributed by atoms with Crippen LogP contribution in [0.15, 0.2) is 10.7 Å². The molecule has 2 rings (SSSR count). The van der Waals surface area contributed by atoms with Crippen molar-refractivity contribution in [2.24, 2.45) is 0 Å². The average Bonchev–Trinajstić information content (AvgIpc) is 2.46. The van der Waals surface area contributed by atoms with Gasteiger partial charge in [0, 0.05) is 46.3 Å². The number of rotatable bonds is 5. The minimum atomic E-state index is 0.569. The number of hydrogen-bond acceptors (Lipinski definition) is 6. The highest BCUT2D eigenvalue weighted by Crippen LogP contribution is 2.22. The summed E-state index contributed by atoms with van der Waals surface area (Å²) in [5, 5.41) is 3.35. The van der Waals surface area contributed by atoms with Gasteiger partial charge < -0.3 is 15.0 Å². The number of likely N-dealkylation sites (N-methyl/N-ethyl adjacent to an activating group) is 1. The number of aromatic nitrogens is 2. The van der Waals surface area contributed by atoms with Crippen molar-refractivity contribution in [1.29, 1.82) is 0 Å². The monoisotopic (exact) mass is 329 g/mol. The van der Waals surface area contributed by atoms with Crippen molar-refractivity contribution < 1.29 is 4.74 Å². The molecule has 2 heterocycles. The van der Waals surface area contributed by atoms with Crippen molar-refractivity contribution in [2.45, 2.75) is 0 Å². The van der Waals surface area contributed by atoms with Crippen LogP contribution in [0.4, 0.5) is 5.95 Å². The molecule has 0 bridgehead atoms. The Morgan fingerprint density at radius 2 is 2.21 bits per heavy atom. The Balaban J connectivity index is 1.89. The summed E-state index contributed by atoms with van der Waals surface area (Å²) in [4.78, 5) is 13.2. The van der Waals surface area contributed by atoms with Crippen LogP contribution in [-0.2, 0) is 0 Å². The highest BCUT2D eigenvalue weighted by Gasteiger charge is 2.12. The van der Waals surface area contributed by atoms with Gasteiger partial charge in [-0.3, -0.25) is 4.90 Å². The van der Waals surface area contributed by atoms with Crippen LogP contribution in [0.1, 0.15) is 0 Å². The molecule has 0 unspecified atom stereocenters. The van der Waals surface area contributed by atoms with E-state index in [1.165, 1.54) is 0 Å². The summed E-state index contributed by atoms with van der Waals surface area (Å²) in [6.45, 7) is 6.31. The van der Waals surface area contributed by atoms with Crippen LogP contribution in [0.2, 0.25) is 0 Å². The van der Waals surface area contributed by atoms with Crippen molar-refractivity contribution in [3.63, 3.8) is 0 Å². The standard InChI is InChI=1S/C12H20BrN5O/c1-17(7-8-18-5-3-14-4-6-18)12-15-9-10(13)11(16-12)19-2/h9,14H,3-8H2,1-2H3. The van der Waals surface area contributed by atoms with E-state index in [-0.39, 0.29) is 0 Å². The molecule has 1 aromatic rings. The summed E-state index contributed by atoms with van der Waals surface area (Å²) in [5.41, 5.74) is 0. The second kappa shape index (κ2) is 7.02. The Bertz CT molecular complexity index is 411. The molecule has 7 heteroatoms. The molecule has 1 aliphatic rings. The number of ether oxygens (including phenoxy) is 1. The van der Waals surface area contributed by atoms with E-state index in [9.17, 15) is 0 Å². The van der Waals surface area contributed by atoms with E-state index >= 15 is 0 Å². The van der Waals surface area contributed by atoms with Gasteiger partial charge in [0.15, 0.2) is 0 Å². The zero-order chi connectivity index (χ0) is 13.7. The fourth-order valence-corrected chi connectivity index (χ4v) is 2.35. The molecule has 1 aromatic heterocycles. The molecular weight excluding hydrogens is 310 g/mol. The van der Waals surface area contributed by atoms with E-state index in [4.69, 9.17) is 4.74 Å². The number of anilines is 1. The molecule has 0 aromatic carbocycles. The molecular formula is C12H20BrN5O. The van der Waals surface area contributed by atoms with Crippen molar-refractivity contribution in [3.8, 4) is 5.88 Å². The van der Waals surface area contributed by atoms with Crippen LogP contribution in [0.3, 0.4) is 0 Å². The highest BCUT2D eigenvalue weighted by atomic mass is 79.9. The largest absolute Gasteiger partial charge is 0.480 e. The summed E-state index contributed by atoms with van der Waals surface area (Å²) in [6, 6.07) is 0. The predicted octanol–water partition coefficient (Wildman–Crippen LogP) is 0.589.